The molecule has 0 amide bonds. The van der Waals surface area contributed by atoms with E-state index in [-0.39, 0.29) is 11.8 Å². The smallest absolute Gasteiger partial charge is 0.165 e. The quantitative estimate of drug-likeness (QED) is 0.784. The molecule has 0 spiro atoms. The molecule has 3 nitrogen and oxygen atoms in total. The summed E-state index contributed by atoms with van der Waals surface area (Å²) in [7, 11) is 0. The molecule has 92 valence electrons. The first-order valence-corrected chi connectivity index (χ1v) is 5.78. The minimum atomic E-state index is -0.579. The zero-order valence-corrected chi connectivity index (χ0v) is 9.69. The van der Waals surface area contributed by atoms with Crippen LogP contribution in [0.3, 0.4) is 0 Å². The molecule has 17 heavy (non-hydrogen) atoms. The molecule has 1 aliphatic heterocycles. The van der Waals surface area contributed by atoms with Gasteiger partial charge in [-0.1, -0.05) is 12.1 Å². The second-order valence-corrected chi connectivity index (χ2v) is 4.18. The SMILES string of the molecule is C=C[C@@H](c1ccc(O)c(F)c1)N1CCNCC1. The highest BCUT2D eigenvalue weighted by Crippen LogP contribution is 2.26. The summed E-state index contributed by atoms with van der Waals surface area (Å²) in [5, 5.41) is 12.5. The normalized spacial score (nSPS) is 18.9. The van der Waals surface area contributed by atoms with E-state index < -0.39 is 5.82 Å². The molecule has 1 saturated heterocycles. The van der Waals surface area contributed by atoms with E-state index in [4.69, 9.17) is 0 Å². The standard InChI is InChI=1S/C13H17FN2O/c1-2-12(16-7-5-15-6-8-16)10-3-4-13(17)11(14)9-10/h2-4,9,12,15,17H,1,5-8H2/t12-/m0/s1. The van der Waals surface area contributed by atoms with E-state index in [9.17, 15) is 9.50 Å². The fraction of sp³-hybridized carbons (Fsp3) is 0.385. The maximum Gasteiger partial charge on any atom is 0.165 e. The third-order valence-electron chi connectivity index (χ3n) is 3.08. The molecule has 0 aromatic heterocycles. The molecule has 4 heteroatoms. The zero-order chi connectivity index (χ0) is 12.3. The average Bonchev–Trinajstić information content (AvgIpc) is 2.36. The summed E-state index contributed by atoms with van der Waals surface area (Å²) < 4.78 is 13.3. The first-order valence-electron chi connectivity index (χ1n) is 5.78. The van der Waals surface area contributed by atoms with Gasteiger partial charge >= 0.3 is 0 Å². The van der Waals surface area contributed by atoms with Gasteiger partial charge in [-0.05, 0) is 17.7 Å². The predicted molar refractivity (Wildman–Crippen MR) is 65.4 cm³/mol. The van der Waals surface area contributed by atoms with Gasteiger partial charge in [-0.25, -0.2) is 4.39 Å². The number of rotatable bonds is 3. The van der Waals surface area contributed by atoms with Crippen LogP contribution in [-0.4, -0.2) is 36.2 Å². The zero-order valence-electron chi connectivity index (χ0n) is 9.69. The van der Waals surface area contributed by atoms with Gasteiger partial charge in [0, 0.05) is 26.2 Å². The molecule has 1 aliphatic rings. The summed E-state index contributed by atoms with van der Waals surface area (Å²) in [5.74, 6) is -0.888. The molecule has 1 aromatic rings. The third-order valence-corrected chi connectivity index (χ3v) is 3.08. The molecule has 0 radical (unpaired) electrons. The average molecular weight is 236 g/mol. The second-order valence-electron chi connectivity index (χ2n) is 4.18. The summed E-state index contributed by atoms with van der Waals surface area (Å²) >= 11 is 0. The van der Waals surface area contributed by atoms with Gasteiger partial charge < -0.3 is 10.4 Å². The van der Waals surface area contributed by atoms with Crippen molar-refractivity contribution in [3.05, 3.63) is 42.2 Å². The minimum Gasteiger partial charge on any atom is -0.505 e. The third kappa shape index (κ3) is 2.65. The van der Waals surface area contributed by atoms with E-state index in [0.29, 0.717) is 0 Å². The van der Waals surface area contributed by atoms with Crippen molar-refractivity contribution in [1.82, 2.24) is 10.2 Å². The summed E-state index contributed by atoms with van der Waals surface area (Å²) in [5.41, 5.74) is 0.831. The highest BCUT2D eigenvalue weighted by molar-refractivity contribution is 5.31. The predicted octanol–water partition coefficient (Wildman–Crippen LogP) is 1.66. The molecule has 0 unspecified atom stereocenters. The van der Waals surface area contributed by atoms with Crippen molar-refractivity contribution in [1.29, 1.82) is 0 Å². The number of nitrogens with zero attached hydrogens (tertiary/aromatic N) is 1. The van der Waals surface area contributed by atoms with E-state index >= 15 is 0 Å². The highest BCUT2D eigenvalue weighted by atomic mass is 19.1. The Morgan fingerprint density at radius 1 is 1.41 bits per heavy atom. The Labute approximate surface area is 101 Å². The van der Waals surface area contributed by atoms with Crippen LogP contribution in [0.5, 0.6) is 5.75 Å². The number of hydrogen-bond acceptors (Lipinski definition) is 3. The second kappa shape index (κ2) is 5.29. The van der Waals surface area contributed by atoms with Crippen LogP contribution in [0.2, 0.25) is 0 Å². The van der Waals surface area contributed by atoms with Crippen LogP contribution in [0.1, 0.15) is 11.6 Å². The van der Waals surface area contributed by atoms with E-state index in [1.54, 1.807) is 6.07 Å². The minimum absolute atomic E-state index is 0.00667. The molecule has 1 atom stereocenters. The molecule has 0 aliphatic carbocycles. The Bertz CT molecular complexity index is 402. The first-order chi connectivity index (χ1) is 8.22. The van der Waals surface area contributed by atoms with Crippen LogP contribution in [0.15, 0.2) is 30.9 Å². The lowest BCUT2D eigenvalue weighted by molar-refractivity contribution is 0.203. The Morgan fingerprint density at radius 2 is 2.12 bits per heavy atom. The van der Waals surface area contributed by atoms with Crippen molar-refractivity contribution in [2.24, 2.45) is 0 Å². The summed E-state index contributed by atoms with van der Waals surface area (Å²) in [6.07, 6.45) is 1.82. The monoisotopic (exact) mass is 236 g/mol. The van der Waals surface area contributed by atoms with Crippen LogP contribution >= 0.6 is 0 Å². The number of piperazine rings is 1. The lowest BCUT2D eigenvalue weighted by Crippen LogP contribution is -2.44. The number of aromatic hydroxyl groups is 1. The molecular weight excluding hydrogens is 219 g/mol. The lowest BCUT2D eigenvalue weighted by Gasteiger charge is -2.33. The molecule has 1 heterocycles. The number of phenols is 1. The van der Waals surface area contributed by atoms with Crippen LogP contribution in [-0.2, 0) is 0 Å². The summed E-state index contributed by atoms with van der Waals surface area (Å²) in [4.78, 5) is 2.25. The van der Waals surface area contributed by atoms with Gasteiger partial charge in [0.25, 0.3) is 0 Å². The Balaban J connectivity index is 2.21. The van der Waals surface area contributed by atoms with Gasteiger partial charge in [0.05, 0.1) is 6.04 Å². The van der Waals surface area contributed by atoms with Gasteiger partial charge in [-0.15, -0.1) is 6.58 Å². The van der Waals surface area contributed by atoms with Crippen molar-refractivity contribution in [3.8, 4) is 5.75 Å². The van der Waals surface area contributed by atoms with Crippen molar-refractivity contribution in [2.75, 3.05) is 26.2 Å². The van der Waals surface area contributed by atoms with Crippen LogP contribution < -0.4 is 5.32 Å². The van der Waals surface area contributed by atoms with E-state index in [0.717, 1.165) is 31.7 Å². The topological polar surface area (TPSA) is 35.5 Å². The number of benzene rings is 1. The highest BCUT2D eigenvalue weighted by Gasteiger charge is 2.20. The summed E-state index contributed by atoms with van der Waals surface area (Å²) in [6, 6.07) is 4.52. The van der Waals surface area contributed by atoms with Gasteiger partial charge in [0.15, 0.2) is 11.6 Å². The van der Waals surface area contributed by atoms with Crippen molar-refractivity contribution in [3.63, 3.8) is 0 Å². The molecular formula is C13H17FN2O. The number of nitrogens with one attached hydrogen (secondary N) is 1. The van der Waals surface area contributed by atoms with Crippen LogP contribution in [0.25, 0.3) is 0 Å². The molecule has 0 bridgehead atoms. The largest absolute Gasteiger partial charge is 0.505 e. The van der Waals surface area contributed by atoms with E-state index in [1.165, 1.54) is 12.1 Å². The van der Waals surface area contributed by atoms with Gasteiger partial charge in [-0.2, -0.15) is 0 Å². The molecule has 2 rings (SSSR count). The van der Waals surface area contributed by atoms with E-state index in [2.05, 4.69) is 16.8 Å². The Kier molecular flexibility index (Phi) is 3.76. The van der Waals surface area contributed by atoms with Gasteiger partial charge in [-0.3, -0.25) is 4.90 Å². The Hall–Kier alpha value is -1.39. The molecule has 1 fully saturated rings. The lowest BCUT2D eigenvalue weighted by atomic mass is 10.0. The van der Waals surface area contributed by atoms with Gasteiger partial charge in [0.2, 0.25) is 0 Å². The molecule has 1 aromatic carbocycles. The Morgan fingerprint density at radius 3 is 2.71 bits per heavy atom. The molecule has 0 saturated carbocycles. The maximum absolute atomic E-state index is 13.3. The van der Waals surface area contributed by atoms with Crippen molar-refractivity contribution < 1.29 is 9.50 Å². The first kappa shape index (κ1) is 12.1. The van der Waals surface area contributed by atoms with Crippen molar-refractivity contribution >= 4 is 0 Å². The van der Waals surface area contributed by atoms with Crippen LogP contribution in [0.4, 0.5) is 4.39 Å². The summed E-state index contributed by atoms with van der Waals surface area (Å²) in [6.45, 7) is 7.52. The number of hydrogen-bond donors (Lipinski definition) is 2. The number of halogens is 1. The maximum atomic E-state index is 13.3. The number of phenolic OH excluding ortho intramolecular Hbond substituents is 1. The fourth-order valence-corrected chi connectivity index (χ4v) is 2.16. The fourth-order valence-electron chi connectivity index (χ4n) is 2.16. The van der Waals surface area contributed by atoms with Crippen molar-refractivity contribution in [2.45, 2.75) is 6.04 Å². The van der Waals surface area contributed by atoms with Gasteiger partial charge in [0.1, 0.15) is 0 Å². The van der Waals surface area contributed by atoms with E-state index in [1.807, 2.05) is 6.08 Å². The molecule has 2 N–H and O–H groups in total. The van der Waals surface area contributed by atoms with Crippen LogP contribution in [0, 0.1) is 5.82 Å².